The third-order valence-electron chi connectivity index (χ3n) is 3.74. The van der Waals surface area contributed by atoms with Gasteiger partial charge in [0, 0.05) is 12.5 Å². The van der Waals surface area contributed by atoms with Crippen LogP contribution in [-0.2, 0) is 9.53 Å². The third kappa shape index (κ3) is 4.29. The summed E-state index contributed by atoms with van der Waals surface area (Å²) < 4.78 is 10.1. The Morgan fingerprint density at radius 1 is 1.09 bits per heavy atom. The number of hydrogen-bond donors (Lipinski definition) is 4. The molecule has 1 aromatic carbocycles. The molecule has 0 saturated heterocycles. The number of ether oxygens (including phenoxy) is 2. The number of esters is 1. The minimum absolute atomic E-state index is 0.151. The van der Waals surface area contributed by atoms with E-state index >= 15 is 0 Å². The highest BCUT2D eigenvalue weighted by Gasteiger charge is 2.43. The van der Waals surface area contributed by atoms with E-state index in [0.29, 0.717) is 5.75 Å². The number of hydrogen-bond acceptors (Lipinski definition) is 7. The van der Waals surface area contributed by atoms with Gasteiger partial charge in [-0.3, -0.25) is 0 Å². The molecule has 1 aliphatic carbocycles. The van der Waals surface area contributed by atoms with Gasteiger partial charge in [-0.1, -0.05) is 12.1 Å². The number of aliphatic hydroxyl groups is 4. The van der Waals surface area contributed by atoms with E-state index < -0.39 is 36.5 Å². The Labute approximate surface area is 133 Å². The lowest BCUT2D eigenvalue weighted by Gasteiger charge is -2.37. The maximum Gasteiger partial charge on any atom is 0.331 e. The molecule has 0 heterocycles. The molecule has 7 nitrogen and oxygen atoms in total. The monoisotopic (exact) mass is 324 g/mol. The van der Waals surface area contributed by atoms with E-state index in [0.717, 1.165) is 5.56 Å². The molecule has 23 heavy (non-hydrogen) atoms. The highest BCUT2D eigenvalue weighted by molar-refractivity contribution is 5.87. The van der Waals surface area contributed by atoms with Crippen molar-refractivity contribution in [2.24, 2.45) is 0 Å². The minimum atomic E-state index is -1.57. The summed E-state index contributed by atoms with van der Waals surface area (Å²) in [6, 6.07) is 6.98. The van der Waals surface area contributed by atoms with Gasteiger partial charge in [0.1, 0.15) is 30.2 Å². The summed E-state index contributed by atoms with van der Waals surface area (Å²) in [5.41, 5.74) is 0.752. The summed E-state index contributed by atoms with van der Waals surface area (Å²) in [6.07, 6.45) is -4.28. The molecule has 0 unspecified atom stereocenters. The molecule has 1 aromatic rings. The molecule has 0 spiro atoms. The van der Waals surface area contributed by atoms with E-state index in [1.807, 2.05) is 0 Å². The van der Waals surface area contributed by atoms with Crippen LogP contribution in [0.15, 0.2) is 30.3 Å². The molecular weight excluding hydrogens is 304 g/mol. The van der Waals surface area contributed by atoms with Crippen molar-refractivity contribution in [1.82, 2.24) is 0 Å². The van der Waals surface area contributed by atoms with E-state index in [2.05, 4.69) is 0 Å². The van der Waals surface area contributed by atoms with Crippen LogP contribution >= 0.6 is 0 Å². The zero-order valence-electron chi connectivity index (χ0n) is 12.6. The van der Waals surface area contributed by atoms with E-state index in [1.54, 1.807) is 31.4 Å². The van der Waals surface area contributed by atoms with Gasteiger partial charge in [-0.15, -0.1) is 0 Å². The second-order valence-corrected chi connectivity index (χ2v) is 5.36. The van der Waals surface area contributed by atoms with Crippen molar-refractivity contribution < 1.29 is 34.7 Å². The van der Waals surface area contributed by atoms with Crippen molar-refractivity contribution in [3.8, 4) is 5.75 Å². The number of aliphatic hydroxyl groups excluding tert-OH is 4. The lowest BCUT2D eigenvalue weighted by Crippen LogP contribution is -2.56. The number of benzene rings is 1. The topological polar surface area (TPSA) is 116 Å². The van der Waals surface area contributed by atoms with Crippen LogP contribution in [0, 0.1) is 0 Å². The number of methoxy groups -OCH3 is 1. The largest absolute Gasteiger partial charge is 0.497 e. The standard InChI is InChI=1S/C16H20O7/c1-22-10-5-2-9(3-6-10)4-7-13(18)23-12-8-11(17)14(19)16(21)15(12)20/h2-7,11-12,14-17,19-21H,8H2,1H3/b7-4+/t11-,12-,14+,15+,16-/m1/s1. The number of carbonyl (C=O) groups excluding carboxylic acids is 1. The predicted octanol–water partition coefficient (Wildman–Crippen LogP) is -0.533. The van der Waals surface area contributed by atoms with Crippen molar-refractivity contribution in [1.29, 1.82) is 0 Å². The fourth-order valence-electron chi connectivity index (χ4n) is 2.35. The van der Waals surface area contributed by atoms with E-state index in [1.165, 1.54) is 12.2 Å². The summed E-state index contributed by atoms with van der Waals surface area (Å²) in [7, 11) is 1.55. The van der Waals surface area contributed by atoms with Gasteiger partial charge >= 0.3 is 5.97 Å². The Morgan fingerprint density at radius 3 is 2.35 bits per heavy atom. The van der Waals surface area contributed by atoms with Gasteiger partial charge < -0.3 is 29.9 Å². The molecule has 0 aliphatic heterocycles. The smallest absolute Gasteiger partial charge is 0.331 e. The first-order valence-corrected chi connectivity index (χ1v) is 7.17. The highest BCUT2D eigenvalue weighted by Crippen LogP contribution is 2.23. The van der Waals surface area contributed by atoms with Gasteiger partial charge in [0.05, 0.1) is 13.2 Å². The maximum atomic E-state index is 11.8. The van der Waals surface area contributed by atoms with Crippen LogP contribution in [0.3, 0.4) is 0 Å². The van der Waals surface area contributed by atoms with Crippen LogP contribution in [0.5, 0.6) is 5.75 Å². The predicted molar refractivity (Wildman–Crippen MR) is 80.6 cm³/mol. The van der Waals surface area contributed by atoms with Crippen LogP contribution in [0.4, 0.5) is 0 Å². The minimum Gasteiger partial charge on any atom is -0.497 e. The van der Waals surface area contributed by atoms with Gasteiger partial charge in [0.25, 0.3) is 0 Å². The first-order valence-electron chi connectivity index (χ1n) is 7.17. The summed E-state index contributed by atoms with van der Waals surface area (Å²) in [4.78, 5) is 11.8. The summed E-state index contributed by atoms with van der Waals surface area (Å²) in [6.45, 7) is 0. The van der Waals surface area contributed by atoms with Gasteiger partial charge in [0.2, 0.25) is 0 Å². The fraction of sp³-hybridized carbons (Fsp3) is 0.438. The molecule has 1 saturated carbocycles. The quantitative estimate of drug-likeness (QED) is 0.434. The molecule has 2 rings (SSSR count). The average Bonchev–Trinajstić information content (AvgIpc) is 2.56. The first-order chi connectivity index (χ1) is 10.9. The van der Waals surface area contributed by atoms with Gasteiger partial charge in [0.15, 0.2) is 0 Å². The van der Waals surface area contributed by atoms with Crippen molar-refractivity contribution in [2.45, 2.75) is 36.9 Å². The van der Waals surface area contributed by atoms with E-state index in [4.69, 9.17) is 9.47 Å². The molecule has 1 aliphatic rings. The summed E-state index contributed by atoms with van der Waals surface area (Å²) in [5, 5.41) is 38.4. The van der Waals surface area contributed by atoms with E-state index in [9.17, 15) is 25.2 Å². The Kier molecular flexibility index (Phi) is 5.73. The molecule has 7 heteroatoms. The Balaban J connectivity index is 1.94. The zero-order chi connectivity index (χ0) is 17.0. The first kappa shape index (κ1) is 17.4. The van der Waals surface area contributed by atoms with Crippen LogP contribution in [0.1, 0.15) is 12.0 Å². The zero-order valence-corrected chi connectivity index (χ0v) is 12.6. The van der Waals surface area contributed by atoms with Gasteiger partial charge in [-0.05, 0) is 23.8 Å². The van der Waals surface area contributed by atoms with Crippen molar-refractivity contribution in [3.05, 3.63) is 35.9 Å². The normalized spacial score (nSPS) is 31.1. The number of rotatable bonds is 4. The van der Waals surface area contributed by atoms with Crippen molar-refractivity contribution >= 4 is 12.0 Å². The van der Waals surface area contributed by atoms with Crippen molar-refractivity contribution in [2.75, 3.05) is 7.11 Å². The van der Waals surface area contributed by atoms with Crippen LogP contribution in [-0.4, -0.2) is 64.0 Å². The molecule has 5 atom stereocenters. The number of carbonyl (C=O) groups is 1. The molecule has 1 fully saturated rings. The lowest BCUT2D eigenvalue weighted by atomic mass is 9.87. The molecule has 0 aromatic heterocycles. The Hall–Kier alpha value is -1.93. The second kappa shape index (κ2) is 7.56. The molecule has 4 N–H and O–H groups in total. The van der Waals surface area contributed by atoms with Crippen LogP contribution < -0.4 is 4.74 Å². The van der Waals surface area contributed by atoms with Gasteiger partial charge in [-0.2, -0.15) is 0 Å². The molecule has 0 radical (unpaired) electrons. The SMILES string of the molecule is COc1ccc(/C=C/C(=O)O[C@@H]2C[C@@H](O)[C@H](O)[C@@H](O)[C@H]2O)cc1. The van der Waals surface area contributed by atoms with Crippen molar-refractivity contribution in [3.63, 3.8) is 0 Å². The second-order valence-electron chi connectivity index (χ2n) is 5.36. The lowest BCUT2D eigenvalue weighted by molar-refractivity contribution is -0.193. The van der Waals surface area contributed by atoms with Crippen LogP contribution in [0.2, 0.25) is 0 Å². The third-order valence-corrected chi connectivity index (χ3v) is 3.74. The van der Waals surface area contributed by atoms with E-state index in [-0.39, 0.29) is 6.42 Å². The maximum absolute atomic E-state index is 11.8. The van der Waals surface area contributed by atoms with Gasteiger partial charge in [-0.25, -0.2) is 4.79 Å². The Bertz CT molecular complexity index is 554. The summed E-state index contributed by atoms with van der Waals surface area (Å²) in [5.74, 6) is -0.0303. The average molecular weight is 324 g/mol. The molecule has 126 valence electrons. The highest BCUT2D eigenvalue weighted by atomic mass is 16.6. The Morgan fingerprint density at radius 2 is 1.74 bits per heavy atom. The van der Waals surface area contributed by atoms with Crippen LogP contribution in [0.25, 0.3) is 6.08 Å². The molecule has 0 amide bonds. The summed E-state index contributed by atoms with van der Waals surface area (Å²) >= 11 is 0. The molecule has 0 bridgehead atoms. The molecular formula is C16H20O7. The fourth-order valence-corrected chi connectivity index (χ4v) is 2.35.